The van der Waals surface area contributed by atoms with E-state index in [1.807, 2.05) is 12.1 Å². The fourth-order valence-electron chi connectivity index (χ4n) is 3.05. The molecule has 0 aliphatic carbocycles. The Hall–Kier alpha value is -3.86. The minimum absolute atomic E-state index is 0.226. The molecule has 0 amide bonds. The van der Waals surface area contributed by atoms with E-state index in [1.165, 1.54) is 18.2 Å². The summed E-state index contributed by atoms with van der Waals surface area (Å²) >= 11 is 0. The number of pyridine rings is 1. The number of hydrogen-bond acceptors (Lipinski definition) is 4. The monoisotopic (exact) mass is 385 g/mol. The lowest BCUT2D eigenvalue weighted by Crippen LogP contribution is -2.06. The topological polar surface area (TPSA) is 60.2 Å². The lowest BCUT2D eigenvalue weighted by molar-refractivity contribution is 0.104. The first kappa shape index (κ1) is 18.5. The summed E-state index contributed by atoms with van der Waals surface area (Å²) in [6.45, 7) is 1.71. The Bertz CT molecular complexity index is 1300. The highest BCUT2D eigenvalue weighted by Gasteiger charge is 2.13. The molecule has 29 heavy (non-hydrogen) atoms. The third-order valence-electron chi connectivity index (χ3n) is 4.57. The van der Waals surface area contributed by atoms with Crippen molar-refractivity contribution >= 4 is 22.8 Å². The predicted molar refractivity (Wildman–Crippen MR) is 110 cm³/mol. The molecule has 142 valence electrons. The Labute approximate surface area is 166 Å². The Morgan fingerprint density at radius 2 is 1.79 bits per heavy atom. The van der Waals surface area contributed by atoms with E-state index >= 15 is 0 Å². The van der Waals surface area contributed by atoms with Crippen molar-refractivity contribution in [3.8, 4) is 11.3 Å². The molecule has 2 aromatic heterocycles. The maximum absolute atomic E-state index is 13.0. The summed E-state index contributed by atoms with van der Waals surface area (Å²) in [6.07, 6.45) is 3.04. The van der Waals surface area contributed by atoms with Crippen molar-refractivity contribution in [1.29, 1.82) is 0 Å². The van der Waals surface area contributed by atoms with Crippen LogP contribution in [0, 0.1) is 12.7 Å². The molecule has 0 saturated carbocycles. The van der Waals surface area contributed by atoms with Crippen LogP contribution >= 0.6 is 0 Å². The van der Waals surface area contributed by atoms with Crippen LogP contribution in [-0.4, -0.2) is 10.8 Å². The number of carbonyl (C=O) groups excluding carboxylic acids is 1. The molecule has 0 radical (unpaired) electrons. The standard InChI is InChI=1S/C24H16FNO3/c1-15-19(22(27)13-8-16-6-9-18(25)10-7-16)11-12-21(26-15)20-14-17-4-2-3-5-23(17)29-24(20)28/h2-14H,1H3/b13-8+. The molecule has 4 nitrogen and oxygen atoms in total. The first-order valence-electron chi connectivity index (χ1n) is 9.00. The SMILES string of the molecule is Cc1nc(-c2cc3ccccc3oc2=O)ccc1C(=O)/C=C/c1ccc(F)cc1. The molecule has 2 aromatic carbocycles. The van der Waals surface area contributed by atoms with E-state index < -0.39 is 5.63 Å². The Balaban J connectivity index is 1.64. The maximum atomic E-state index is 13.0. The van der Waals surface area contributed by atoms with Crippen molar-refractivity contribution in [2.45, 2.75) is 6.92 Å². The molecule has 0 saturated heterocycles. The first-order valence-corrected chi connectivity index (χ1v) is 9.00. The lowest BCUT2D eigenvalue weighted by atomic mass is 10.0. The zero-order valence-corrected chi connectivity index (χ0v) is 15.6. The second-order valence-electron chi connectivity index (χ2n) is 6.56. The van der Waals surface area contributed by atoms with Crippen LogP contribution in [0.2, 0.25) is 0 Å². The van der Waals surface area contributed by atoms with Crippen LogP contribution in [-0.2, 0) is 0 Å². The van der Waals surface area contributed by atoms with Gasteiger partial charge < -0.3 is 4.42 Å². The average molecular weight is 385 g/mol. The van der Waals surface area contributed by atoms with Gasteiger partial charge in [-0.2, -0.15) is 0 Å². The van der Waals surface area contributed by atoms with Crippen LogP contribution in [0.25, 0.3) is 28.3 Å². The first-order chi connectivity index (χ1) is 14.0. The number of allylic oxidation sites excluding steroid dienone is 1. The number of nitrogens with zero attached hydrogens (tertiary/aromatic N) is 1. The number of carbonyl (C=O) groups is 1. The highest BCUT2D eigenvalue weighted by Crippen LogP contribution is 2.21. The summed E-state index contributed by atoms with van der Waals surface area (Å²) in [5, 5.41) is 0.795. The third kappa shape index (κ3) is 3.89. The third-order valence-corrected chi connectivity index (χ3v) is 4.57. The number of rotatable bonds is 4. The Morgan fingerprint density at radius 3 is 2.55 bits per heavy atom. The molecule has 2 heterocycles. The van der Waals surface area contributed by atoms with Gasteiger partial charge in [0.05, 0.1) is 11.3 Å². The molecule has 0 fully saturated rings. The maximum Gasteiger partial charge on any atom is 0.345 e. The van der Waals surface area contributed by atoms with Crippen LogP contribution in [0.1, 0.15) is 21.6 Å². The van der Waals surface area contributed by atoms with Crippen LogP contribution in [0.5, 0.6) is 0 Å². The van der Waals surface area contributed by atoms with Gasteiger partial charge in [0, 0.05) is 16.6 Å². The highest BCUT2D eigenvalue weighted by atomic mass is 19.1. The molecule has 0 atom stereocenters. The van der Waals surface area contributed by atoms with Gasteiger partial charge in [0.1, 0.15) is 11.4 Å². The van der Waals surface area contributed by atoms with Crippen LogP contribution < -0.4 is 5.63 Å². The molecule has 4 aromatic rings. The van der Waals surface area contributed by atoms with Crippen molar-refractivity contribution in [3.05, 3.63) is 106 Å². The van der Waals surface area contributed by atoms with Crippen LogP contribution in [0.3, 0.4) is 0 Å². The smallest absolute Gasteiger partial charge is 0.345 e. The van der Waals surface area contributed by atoms with E-state index in [0.717, 1.165) is 10.9 Å². The minimum atomic E-state index is -0.481. The Morgan fingerprint density at radius 1 is 1.03 bits per heavy atom. The second kappa shape index (κ2) is 7.64. The number of fused-ring (bicyclic) bond motifs is 1. The van der Waals surface area contributed by atoms with Gasteiger partial charge in [-0.15, -0.1) is 0 Å². The molecular formula is C24H16FNO3. The molecule has 0 aliphatic heterocycles. The van der Waals surface area contributed by atoms with E-state index in [-0.39, 0.29) is 11.6 Å². The van der Waals surface area contributed by atoms with Crippen molar-refractivity contribution in [3.63, 3.8) is 0 Å². The van der Waals surface area contributed by atoms with E-state index in [2.05, 4.69) is 4.98 Å². The van der Waals surface area contributed by atoms with E-state index in [4.69, 9.17) is 4.42 Å². The van der Waals surface area contributed by atoms with Crippen molar-refractivity contribution in [1.82, 2.24) is 4.98 Å². The van der Waals surface area contributed by atoms with Crippen LogP contribution in [0.4, 0.5) is 4.39 Å². The van der Waals surface area contributed by atoms with E-state index in [0.29, 0.717) is 28.1 Å². The summed E-state index contributed by atoms with van der Waals surface area (Å²) in [4.78, 5) is 29.3. The number of halogens is 1. The van der Waals surface area contributed by atoms with Gasteiger partial charge in [0.2, 0.25) is 0 Å². The molecule has 0 unspecified atom stereocenters. The normalized spacial score (nSPS) is 11.2. The van der Waals surface area contributed by atoms with Crippen molar-refractivity contribution in [2.24, 2.45) is 0 Å². The summed E-state index contributed by atoms with van der Waals surface area (Å²) in [5.41, 5.74) is 2.46. The van der Waals surface area contributed by atoms with Crippen LogP contribution in [0.15, 0.2) is 82.0 Å². The summed E-state index contributed by atoms with van der Waals surface area (Å²) in [7, 11) is 0. The molecule has 5 heteroatoms. The summed E-state index contributed by atoms with van der Waals surface area (Å²) in [5.74, 6) is -0.557. The molecule has 0 spiro atoms. The van der Waals surface area contributed by atoms with Gasteiger partial charge in [-0.1, -0.05) is 36.4 Å². The molecule has 0 N–H and O–H groups in total. The molecule has 0 aliphatic rings. The summed E-state index contributed by atoms with van der Waals surface area (Å²) < 4.78 is 18.3. The Kier molecular flexibility index (Phi) is 4.87. The molecule has 4 rings (SSSR count). The zero-order chi connectivity index (χ0) is 20.4. The number of hydrogen-bond donors (Lipinski definition) is 0. The predicted octanol–water partition coefficient (Wildman–Crippen LogP) is 5.20. The van der Waals surface area contributed by atoms with Gasteiger partial charge in [-0.25, -0.2) is 9.18 Å². The number of ketones is 1. The lowest BCUT2D eigenvalue weighted by Gasteiger charge is -2.06. The fraction of sp³-hybridized carbons (Fsp3) is 0.0417. The number of aryl methyl sites for hydroxylation is 1. The second-order valence-corrected chi connectivity index (χ2v) is 6.56. The largest absolute Gasteiger partial charge is 0.422 e. The van der Waals surface area contributed by atoms with Gasteiger partial charge in [0.15, 0.2) is 5.78 Å². The van der Waals surface area contributed by atoms with Gasteiger partial charge in [-0.05, 0) is 55.0 Å². The minimum Gasteiger partial charge on any atom is -0.422 e. The summed E-state index contributed by atoms with van der Waals surface area (Å²) in [6, 6.07) is 18.1. The quantitative estimate of drug-likeness (QED) is 0.275. The fourth-order valence-corrected chi connectivity index (χ4v) is 3.05. The van der Waals surface area contributed by atoms with E-state index in [9.17, 15) is 14.0 Å². The highest BCUT2D eigenvalue weighted by molar-refractivity contribution is 6.07. The van der Waals surface area contributed by atoms with Gasteiger partial charge >= 0.3 is 5.63 Å². The number of benzene rings is 2. The zero-order valence-electron chi connectivity index (χ0n) is 15.6. The van der Waals surface area contributed by atoms with Crippen molar-refractivity contribution in [2.75, 3.05) is 0 Å². The van der Waals surface area contributed by atoms with Gasteiger partial charge in [0.25, 0.3) is 0 Å². The molecular weight excluding hydrogens is 369 g/mol. The number of aromatic nitrogens is 1. The number of para-hydroxylation sites is 1. The van der Waals surface area contributed by atoms with Crippen molar-refractivity contribution < 1.29 is 13.6 Å². The molecule has 0 bridgehead atoms. The average Bonchev–Trinajstić information content (AvgIpc) is 2.72. The van der Waals surface area contributed by atoms with E-state index in [1.54, 1.807) is 55.5 Å². The van der Waals surface area contributed by atoms with Gasteiger partial charge in [-0.3, -0.25) is 9.78 Å².